The minimum atomic E-state index is -3.20. The van der Waals surface area contributed by atoms with Gasteiger partial charge in [-0.25, -0.2) is 8.42 Å². The number of amides is 1. The van der Waals surface area contributed by atoms with E-state index >= 15 is 0 Å². The molecule has 0 bridgehead atoms. The Balaban J connectivity index is 1.76. The van der Waals surface area contributed by atoms with Crippen molar-refractivity contribution in [3.63, 3.8) is 0 Å². The van der Waals surface area contributed by atoms with Crippen LogP contribution in [-0.2, 0) is 14.6 Å². The molecular weight excluding hydrogens is 328 g/mol. The van der Waals surface area contributed by atoms with E-state index in [1.165, 1.54) is 6.08 Å². The molecule has 1 unspecified atom stereocenters. The Kier molecular flexibility index (Phi) is 4.64. The van der Waals surface area contributed by atoms with E-state index in [1.54, 1.807) is 0 Å². The van der Waals surface area contributed by atoms with Crippen LogP contribution in [0.4, 0.5) is 0 Å². The molecule has 7 heteroatoms. The number of sulfone groups is 1. The fraction of sp³-hybridized carbons (Fsp3) is 0.471. The van der Waals surface area contributed by atoms with Crippen molar-refractivity contribution < 1.29 is 17.9 Å². The largest absolute Gasteiger partial charge is 0.477 e. The fourth-order valence-corrected chi connectivity index (χ4v) is 4.24. The summed E-state index contributed by atoms with van der Waals surface area (Å²) in [6, 6.07) is 7.09. The number of aryl methyl sites for hydroxylation is 1. The number of carbonyl (C=O) groups excluding carboxylic acids is 1. The lowest BCUT2D eigenvalue weighted by atomic mass is 9.90. The third-order valence-corrected chi connectivity index (χ3v) is 5.80. The summed E-state index contributed by atoms with van der Waals surface area (Å²) in [4.78, 5) is 12.9. The van der Waals surface area contributed by atoms with E-state index in [9.17, 15) is 13.2 Å². The van der Waals surface area contributed by atoms with E-state index in [-0.39, 0.29) is 11.7 Å². The molecule has 1 amide bonds. The maximum Gasteiger partial charge on any atom is 0.264 e. The Morgan fingerprint density at radius 2 is 1.92 bits per heavy atom. The van der Waals surface area contributed by atoms with Gasteiger partial charge in [0.05, 0.1) is 11.8 Å². The van der Waals surface area contributed by atoms with E-state index in [0.717, 1.165) is 11.0 Å². The van der Waals surface area contributed by atoms with Crippen LogP contribution < -0.4 is 15.4 Å². The van der Waals surface area contributed by atoms with Gasteiger partial charge in [-0.1, -0.05) is 17.7 Å². The molecule has 3 rings (SSSR count). The Bertz CT molecular complexity index is 734. The molecule has 2 heterocycles. The van der Waals surface area contributed by atoms with E-state index in [1.807, 2.05) is 31.2 Å². The number of hydrogen-bond donors (Lipinski definition) is 2. The summed E-state index contributed by atoms with van der Waals surface area (Å²) >= 11 is 0. The topological polar surface area (TPSA) is 84.5 Å². The van der Waals surface area contributed by atoms with Gasteiger partial charge in [-0.05, 0) is 38.2 Å². The van der Waals surface area contributed by atoms with Crippen molar-refractivity contribution in [2.24, 2.45) is 0 Å². The molecule has 24 heavy (non-hydrogen) atoms. The van der Waals surface area contributed by atoms with E-state index in [2.05, 4.69) is 10.6 Å². The number of nitrogens with one attached hydrogen (secondary N) is 2. The SMILES string of the molecule is Cc1ccc(OC2(C(=O)NC3C=CS(=O)(=O)C3)CCNCC2)cc1. The molecule has 0 radical (unpaired) electrons. The third-order valence-electron chi connectivity index (χ3n) is 4.41. The van der Waals surface area contributed by atoms with Gasteiger partial charge in [-0.15, -0.1) is 0 Å². The van der Waals surface area contributed by atoms with Crippen molar-refractivity contribution in [3.05, 3.63) is 41.3 Å². The number of piperidine rings is 1. The second-order valence-electron chi connectivity index (χ2n) is 6.40. The molecule has 1 fully saturated rings. The number of hydrogen-bond acceptors (Lipinski definition) is 5. The molecule has 2 N–H and O–H groups in total. The molecule has 0 saturated carbocycles. The van der Waals surface area contributed by atoms with Crippen LogP contribution >= 0.6 is 0 Å². The van der Waals surface area contributed by atoms with Crippen LogP contribution in [0.25, 0.3) is 0 Å². The van der Waals surface area contributed by atoms with Crippen LogP contribution in [0.3, 0.4) is 0 Å². The monoisotopic (exact) mass is 350 g/mol. The average Bonchev–Trinajstić information content (AvgIpc) is 2.89. The van der Waals surface area contributed by atoms with E-state index in [0.29, 0.717) is 31.7 Å². The fourth-order valence-electron chi connectivity index (χ4n) is 3.00. The van der Waals surface area contributed by atoms with Gasteiger partial charge in [-0.3, -0.25) is 4.79 Å². The number of ether oxygens (including phenoxy) is 1. The van der Waals surface area contributed by atoms with Gasteiger partial charge in [0, 0.05) is 18.2 Å². The lowest BCUT2D eigenvalue weighted by molar-refractivity contribution is -0.139. The second kappa shape index (κ2) is 6.57. The first-order valence-electron chi connectivity index (χ1n) is 8.07. The summed E-state index contributed by atoms with van der Waals surface area (Å²) in [5.74, 6) is 0.306. The highest BCUT2D eigenvalue weighted by Crippen LogP contribution is 2.27. The van der Waals surface area contributed by atoms with Crippen LogP contribution in [-0.4, -0.2) is 44.8 Å². The summed E-state index contributed by atoms with van der Waals surface area (Å²) < 4.78 is 29.1. The quantitative estimate of drug-likeness (QED) is 0.844. The summed E-state index contributed by atoms with van der Waals surface area (Å²) in [7, 11) is -3.20. The lowest BCUT2D eigenvalue weighted by Crippen LogP contribution is -2.58. The molecular formula is C17H22N2O4S. The highest BCUT2D eigenvalue weighted by Gasteiger charge is 2.43. The predicted octanol–water partition coefficient (Wildman–Crippen LogP) is 0.923. The van der Waals surface area contributed by atoms with Crippen molar-refractivity contribution in [2.45, 2.75) is 31.4 Å². The predicted molar refractivity (Wildman–Crippen MR) is 91.5 cm³/mol. The minimum Gasteiger partial charge on any atom is -0.477 e. The van der Waals surface area contributed by atoms with Crippen molar-refractivity contribution in [2.75, 3.05) is 18.8 Å². The summed E-state index contributed by atoms with van der Waals surface area (Å²) in [5.41, 5.74) is 0.146. The van der Waals surface area contributed by atoms with Crippen molar-refractivity contribution in [1.82, 2.24) is 10.6 Å². The Morgan fingerprint density at radius 1 is 1.25 bits per heavy atom. The number of rotatable bonds is 4. The molecule has 1 atom stereocenters. The molecule has 0 aromatic heterocycles. The van der Waals surface area contributed by atoms with Crippen LogP contribution in [0, 0.1) is 6.92 Å². The molecule has 0 aliphatic carbocycles. The smallest absolute Gasteiger partial charge is 0.264 e. The van der Waals surface area contributed by atoms with Crippen LogP contribution in [0.5, 0.6) is 5.75 Å². The maximum atomic E-state index is 12.9. The van der Waals surface area contributed by atoms with Gasteiger partial charge in [0.2, 0.25) is 0 Å². The van der Waals surface area contributed by atoms with E-state index in [4.69, 9.17) is 4.74 Å². The Morgan fingerprint density at radius 3 is 2.50 bits per heavy atom. The van der Waals surface area contributed by atoms with Gasteiger partial charge in [0.1, 0.15) is 5.75 Å². The first-order chi connectivity index (χ1) is 11.4. The lowest BCUT2D eigenvalue weighted by Gasteiger charge is -2.37. The van der Waals surface area contributed by atoms with Crippen molar-refractivity contribution >= 4 is 15.7 Å². The molecule has 2 aliphatic rings. The highest BCUT2D eigenvalue weighted by molar-refractivity contribution is 7.94. The minimum absolute atomic E-state index is 0.0857. The van der Waals surface area contributed by atoms with Crippen molar-refractivity contribution in [1.29, 1.82) is 0 Å². The molecule has 130 valence electrons. The molecule has 2 aliphatic heterocycles. The average molecular weight is 350 g/mol. The maximum absolute atomic E-state index is 12.9. The zero-order valence-corrected chi connectivity index (χ0v) is 14.4. The van der Waals surface area contributed by atoms with Gasteiger partial charge >= 0.3 is 0 Å². The van der Waals surface area contributed by atoms with Crippen LogP contribution in [0.2, 0.25) is 0 Å². The zero-order chi connectivity index (χ0) is 17.2. The summed E-state index contributed by atoms with van der Waals surface area (Å²) in [5, 5.41) is 7.21. The zero-order valence-electron chi connectivity index (χ0n) is 13.6. The Labute approximate surface area is 142 Å². The first-order valence-corrected chi connectivity index (χ1v) is 9.78. The standard InChI is InChI=1S/C17H22N2O4S/c1-13-2-4-15(5-3-13)23-17(7-9-18-10-8-17)16(20)19-14-6-11-24(21,22)12-14/h2-6,11,14,18H,7-10,12H2,1H3,(H,19,20). The number of benzene rings is 1. The second-order valence-corrected chi connectivity index (χ2v) is 8.33. The normalized spacial score (nSPS) is 24.5. The van der Waals surface area contributed by atoms with Crippen molar-refractivity contribution in [3.8, 4) is 5.75 Å². The highest BCUT2D eigenvalue weighted by atomic mass is 32.2. The van der Waals surface area contributed by atoms with Gasteiger partial charge < -0.3 is 15.4 Å². The van der Waals surface area contributed by atoms with Crippen LogP contribution in [0.15, 0.2) is 35.7 Å². The summed E-state index contributed by atoms with van der Waals surface area (Å²) in [6.45, 7) is 3.35. The first kappa shape index (κ1) is 17.0. The molecule has 6 nitrogen and oxygen atoms in total. The summed E-state index contributed by atoms with van der Waals surface area (Å²) in [6.07, 6.45) is 2.60. The van der Waals surface area contributed by atoms with E-state index < -0.39 is 21.5 Å². The number of carbonyl (C=O) groups is 1. The molecule has 0 spiro atoms. The third kappa shape index (κ3) is 3.79. The molecule has 1 aromatic rings. The Hall–Kier alpha value is -1.86. The van der Waals surface area contributed by atoms with Gasteiger partial charge in [-0.2, -0.15) is 0 Å². The van der Waals surface area contributed by atoms with Gasteiger partial charge in [0.25, 0.3) is 5.91 Å². The molecule has 1 saturated heterocycles. The molecule has 1 aromatic carbocycles. The van der Waals surface area contributed by atoms with Crippen LogP contribution in [0.1, 0.15) is 18.4 Å². The van der Waals surface area contributed by atoms with Gasteiger partial charge in [0.15, 0.2) is 15.4 Å².